The van der Waals surface area contributed by atoms with E-state index in [1.807, 2.05) is 0 Å². The summed E-state index contributed by atoms with van der Waals surface area (Å²) < 4.78 is 38.9. The summed E-state index contributed by atoms with van der Waals surface area (Å²) in [5.41, 5.74) is 8.49. The number of fused-ring (bicyclic) bond motifs is 2. The van der Waals surface area contributed by atoms with Crippen molar-refractivity contribution in [1.82, 2.24) is 15.6 Å². The highest BCUT2D eigenvalue weighted by Crippen LogP contribution is 2.41. The second-order valence-electron chi connectivity index (χ2n) is 13.5. The van der Waals surface area contributed by atoms with Crippen molar-refractivity contribution in [1.29, 1.82) is 0 Å². The highest BCUT2D eigenvalue weighted by molar-refractivity contribution is 7.91. The Kier molecular flexibility index (Phi) is 12.6. The molecule has 0 spiro atoms. The number of aryl methyl sites for hydroxylation is 1. The maximum absolute atomic E-state index is 14.0. The Balaban J connectivity index is 1.03. The van der Waals surface area contributed by atoms with Gasteiger partial charge in [0.25, 0.3) is 17.7 Å². The van der Waals surface area contributed by atoms with Crippen molar-refractivity contribution in [3.8, 4) is 17.2 Å². The molecule has 6 rings (SSSR count). The number of phenols is 1. The lowest BCUT2D eigenvalue weighted by atomic mass is 10.0. The Hall–Kier alpha value is -6.23. The Labute approximate surface area is 329 Å². The molecule has 1 atom stereocenters. The second kappa shape index (κ2) is 17.7. The first kappa shape index (κ1) is 40.4. The van der Waals surface area contributed by atoms with E-state index in [1.165, 1.54) is 49.7 Å². The standard InChI is InChI=1S/C41H44N6O9S/c1-24-17-29(20-31-36(24)45-21-32(40(42)51)37(31)46-26-10-8-11-27(19-26)55-2)57(53,54)28-12-7-9-25(18-28)41(52)44-16-6-4-3-5-15-43-22-34(49)30-13-14-33(48)38-39(30)56-23-35(50)47-38/h7-14,17-21,34,43,48-49H,3-6,15-16,22-23H2,1-2H3,(H2,42,51)(H,44,52)(H,45,46)(H,47,50). The third-order valence-corrected chi connectivity index (χ3v) is 11.2. The predicted molar refractivity (Wildman–Crippen MR) is 214 cm³/mol. The van der Waals surface area contributed by atoms with Crippen molar-refractivity contribution < 1.29 is 42.5 Å². The molecular weight excluding hydrogens is 753 g/mol. The third-order valence-electron chi connectivity index (χ3n) is 9.50. The van der Waals surface area contributed by atoms with Crippen molar-refractivity contribution in [2.45, 2.75) is 48.5 Å². The van der Waals surface area contributed by atoms with Crippen LogP contribution in [0.2, 0.25) is 0 Å². The number of amides is 3. The van der Waals surface area contributed by atoms with Gasteiger partial charge < -0.3 is 46.7 Å². The van der Waals surface area contributed by atoms with Crippen molar-refractivity contribution >= 4 is 55.5 Å². The number of hydrogen-bond donors (Lipinski definition) is 7. The minimum absolute atomic E-state index is 0.0468. The van der Waals surface area contributed by atoms with E-state index in [1.54, 1.807) is 43.3 Å². The molecule has 0 radical (unpaired) electrons. The number of aromatic hydroxyl groups is 1. The minimum atomic E-state index is -4.14. The van der Waals surface area contributed by atoms with Crippen LogP contribution in [0.5, 0.6) is 17.2 Å². The number of sulfone groups is 1. The zero-order valence-electron chi connectivity index (χ0n) is 31.4. The molecule has 3 amide bonds. The third kappa shape index (κ3) is 9.26. The van der Waals surface area contributed by atoms with Gasteiger partial charge in [0, 0.05) is 47.6 Å². The fraction of sp³-hybridized carbons (Fsp3) is 0.268. The number of phenolic OH excluding ortho intramolecular Hbond substituents is 1. The molecule has 8 N–H and O–H groups in total. The van der Waals surface area contributed by atoms with Crippen LogP contribution in [0.3, 0.4) is 0 Å². The van der Waals surface area contributed by atoms with E-state index in [0.717, 1.165) is 19.3 Å². The Morgan fingerprint density at radius 3 is 2.54 bits per heavy atom. The van der Waals surface area contributed by atoms with E-state index in [9.17, 15) is 33.0 Å². The molecule has 1 aromatic heterocycles. The number of aliphatic hydroxyl groups is 1. The van der Waals surface area contributed by atoms with Crippen molar-refractivity contribution in [2.75, 3.05) is 44.0 Å². The number of rotatable bonds is 17. The van der Waals surface area contributed by atoms with E-state index < -0.39 is 27.8 Å². The molecule has 5 aromatic rings. The van der Waals surface area contributed by atoms with Crippen LogP contribution >= 0.6 is 0 Å². The molecule has 15 nitrogen and oxygen atoms in total. The first-order valence-electron chi connectivity index (χ1n) is 18.3. The molecule has 1 aliphatic heterocycles. The molecule has 0 saturated carbocycles. The maximum Gasteiger partial charge on any atom is 0.262 e. The number of carbonyl (C=O) groups excluding carboxylic acids is 3. The number of ether oxygens (including phenoxy) is 2. The first-order valence-corrected chi connectivity index (χ1v) is 19.8. The van der Waals surface area contributed by atoms with Gasteiger partial charge in [0.1, 0.15) is 17.2 Å². The van der Waals surface area contributed by atoms with Crippen molar-refractivity contribution in [3.05, 3.63) is 101 Å². The van der Waals surface area contributed by atoms with E-state index in [4.69, 9.17) is 15.2 Å². The number of hydrogen-bond acceptors (Lipinski definition) is 12. The van der Waals surface area contributed by atoms with Crippen LogP contribution in [0.15, 0.2) is 88.8 Å². The lowest BCUT2D eigenvalue weighted by molar-refractivity contribution is -0.118. The van der Waals surface area contributed by atoms with E-state index >= 15 is 0 Å². The number of pyridine rings is 1. The number of nitrogens with zero attached hydrogens (tertiary/aromatic N) is 1. The highest BCUT2D eigenvalue weighted by Gasteiger charge is 2.26. The van der Waals surface area contributed by atoms with Gasteiger partial charge in [-0.2, -0.15) is 0 Å². The van der Waals surface area contributed by atoms with Crippen molar-refractivity contribution in [3.63, 3.8) is 0 Å². The average molecular weight is 797 g/mol. The fourth-order valence-electron chi connectivity index (χ4n) is 6.53. The van der Waals surface area contributed by atoms with Crippen LogP contribution in [0, 0.1) is 6.92 Å². The van der Waals surface area contributed by atoms with Crippen LogP contribution in [0.1, 0.15) is 63.6 Å². The number of carbonyl (C=O) groups is 3. The van der Waals surface area contributed by atoms with Gasteiger partial charge in [0.05, 0.1) is 39.8 Å². The summed E-state index contributed by atoms with van der Waals surface area (Å²) in [5.74, 6) is -0.843. The highest BCUT2D eigenvalue weighted by atomic mass is 32.2. The largest absolute Gasteiger partial charge is 0.506 e. The summed E-state index contributed by atoms with van der Waals surface area (Å²) in [6, 6.07) is 18.8. The molecule has 0 fully saturated rings. The topological polar surface area (TPSA) is 231 Å². The molecular formula is C41H44N6O9S. The molecule has 4 aromatic carbocycles. The molecule has 0 saturated heterocycles. The van der Waals surface area contributed by atoms with Gasteiger partial charge in [-0.05, 0) is 86.5 Å². The lowest BCUT2D eigenvalue weighted by Crippen LogP contribution is -2.28. The molecule has 2 heterocycles. The van der Waals surface area contributed by atoms with Crippen molar-refractivity contribution in [2.24, 2.45) is 5.73 Å². The van der Waals surface area contributed by atoms with Gasteiger partial charge in [-0.15, -0.1) is 0 Å². The van der Waals surface area contributed by atoms with Crippen LogP contribution < -0.4 is 36.5 Å². The summed E-state index contributed by atoms with van der Waals surface area (Å²) in [4.78, 5) is 41.5. The summed E-state index contributed by atoms with van der Waals surface area (Å²) in [6.07, 6.45) is 3.68. The number of methoxy groups -OCH3 is 1. The van der Waals surface area contributed by atoms with Gasteiger partial charge in [0.2, 0.25) is 9.84 Å². The Morgan fingerprint density at radius 1 is 1.00 bits per heavy atom. The molecule has 57 heavy (non-hydrogen) atoms. The van der Waals surface area contributed by atoms with Crippen LogP contribution in [0.25, 0.3) is 10.9 Å². The molecule has 298 valence electrons. The fourth-order valence-corrected chi connectivity index (χ4v) is 7.95. The van der Waals surface area contributed by atoms with E-state index in [2.05, 4.69) is 26.3 Å². The smallest absolute Gasteiger partial charge is 0.262 e. The number of nitrogens with one attached hydrogen (secondary N) is 4. The predicted octanol–water partition coefficient (Wildman–Crippen LogP) is 4.88. The first-order chi connectivity index (χ1) is 27.4. The SMILES string of the molecule is COc1cccc(Nc2c(C(N)=O)cnc3c(C)cc(S(=O)(=O)c4cccc(C(=O)NCCCCCCNCC(O)c5ccc(O)c6c5OCC(=O)N6)c4)cc23)c1. The number of benzene rings is 4. The average Bonchev–Trinajstić information content (AvgIpc) is 3.20. The normalized spacial score (nSPS) is 12.9. The lowest BCUT2D eigenvalue weighted by Gasteiger charge is -2.23. The number of anilines is 3. The van der Waals surface area contributed by atoms with Gasteiger partial charge >= 0.3 is 0 Å². The summed E-state index contributed by atoms with van der Waals surface area (Å²) in [7, 11) is -2.61. The minimum Gasteiger partial charge on any atom is -0.506 e. The monoisotopic (exact) mass is 796 g/mol. The molecule has 0 aliphatic carbocycles. The van der Waals surface area contributed by atoms with Crippen LogP contribution in [-0.2, 0) is 14.6 Å². The molecule has 16 heteroatoms. The van der Waals surface area contributed by atoms with Crippen LogP contribution in [-0.4, -0.2) is 74.7 Å². The summed E-state index contributed by atoms with van der Waals surface area (Å²) in [5, 5.41) is 32.9. The Bertz CT molecular complexity index is 2440. The number of aromatic nitrogens is 1. The number of aliphatic hydroxyl groups excluding tert-OH is 1. The van der Waals surface area contributed by atoms with E-state index in [0.29, 0.717) is 58.7 Å². The Morgan fingerprint density at radius 2 is 1.77 bits per heavy atom. The zero-order valence-corrected chi connectivity index (χ0v) is 32.2. The van der Waals surface area contributed by atoms with Gasteiger partial charge in [0.15, 0.2) is 12.4 Å². The number of primary amides is 1. The number of unbranched alkanes of at least 4 members (excludes halogenated alkanes) is 3. The summed E-state index contributed by atoms with van der Waals surface area (Å²) in [6.45, 7) is 2.81. The maximum atomic E-state index is 14.0. The molecule has 1 unspecified atom stereocenters. The quantitative estimate of drug-likeness (QED) is 0.0493. The zero-order chi connectivity index (χ0) is 40.7. The number of nitrogens with two attached hydrogens (primary N) is 1. The second-order valence-corrected chi connectivity index (χ2v) is 15.5. The molecule has 0 bridgehead atoms. The van der Waals surface area contributed by atoms with Gasteiger partial charge in [-0.25, -0.2) is 8.42 Å². The van der Waals surface area contributed by atoms with Gasteiger partial charge in [-0.3, -0.25) is 19.4 Å². The van der Waals surface area contributed by atoms with E-state index in [-0.39, 0.29) is 57.2 Å². The van der Waals surface area contributed by atoms with Crippen LogP contribution in [0.4, 0.5) is 17.1 Å². The van der Waals surface area contributed by atoms with Gasteiger partial charge in [-0.1, -0.05) is 25.0 Å². The summed E-state index contributed by atoms with van der Waals surface area (Å²) >= 11 is 0. The molecule has 1 aliphatic rings.